The topological polar surface area (TPSA) is 100 Å². The number of halogens is 1. The van der Waals surface area contributed by atoms with Crippen LogP contribution < -0.4 is 15.0 Å². The first kappa shape index (κ1) is 22.4. The van der Waals surface area contributed by atoms with Crippen LogP contribution in [0, 0.1) is 5.82 Å². The number of hydrogen-bond donors (Lipinski definition) is 2. The molecule has 170 valence electrons. The minimum Gasteiger partial charge on any atom is -0.497 e. The van der Waals surface area contributed by atoms with Gasteiger partial charge in [0.2, 0.25) is 0 Å². The molecule has 0 bridgehead atoms. The zero-order valence-electron chi connectivity index (χ0n) is 17.6. The zero-order valence-corrected chi connectivity index (χ0v) is 18.4. The Hall–Kier alpha value is -3.76. The minimum absolute atomic E-state index is 0.189. The second kappa shape index (κ2) is 9.39. The first-order chi connectivity index (χ1) is 15.9. The lowest BCUT2D eigenvalue weighted by Gasteiger charge is -2.22. The Kier molecular flexibility index (Phi) is 6.38. The number of hydrogen-bond acceptors (Lipinski definition) is 5. The van der Waals surface area contributed by atoms with Crippen molar-refractivity contribution in [1.82, 2.24) is 15.3 Å². The van der Waals surface area contributed by atoms with Gasteiger partial charge in [-0.3, -0.25) is 5.43 Å². The molecule has 0 aliphatic carbocycles. The summed E-state index contributed by atoms with van der Waals surface area (Å²) in [6.07, 6.45) is 0.439. The minimum atomic E-state index is -4.10. The van der Waals surface area contributed by atoms with Gasteiger partial charge in [0.1, 0.15) is 11.6 Å². The molecule has 4 rings (SSSR count). The number of hydrazine groups is 1. The van der Waals surface area contributed by atoms with E-state index in [0.29, 0.717) is 17.9 Å². The van der Waals surface area contributed by atoms with Gasteiger partial charge in [0, 0.05) is 6.42 Å². The van der Waals surface area contributed by atoms with E-state index in [9.17, 15) is 17.6 Å². The molecule has 1 heterocycles. The predicted octanol–water partition coefficient (Wildman–Crippen LogP) is 3.59. The van der Waals surface area contributed by atoms with Crippen molar-refractivity contribution in [2.45, 2.75) is 17.4 Å². The Bertz CT molecular complexity index is 1260. The average molecular weight is 469 g/mol. The molecule has 10 heteroatoms. The summed E-state index contributed by atoms with van der Waals surface area (Å²) < 4.78 is 43.2. The summed E-state index contributed by atoms with van der Waals surface area (Å²) in [5.74, 6) is 0.101. The standard InChI is InChI=1S/C23H21FN4O4S/c1-32-19-11-7-17(8-12-19)22-15-21(16-5-3-2-4-6-16)26-28(22)23(29)25-27-33(30,31)20-13-9-18(24)10-14-20/h2-14,22,27H,15H2,1H3,(H,25,29). The van der Waals surface area contributed by atoms with Crippen LogP contribution in [0.3, 0.4) is 0 Å². The van der Waals surface area contributed by atoms with Crippen molar-refractivity contribution in [3.63, 3.8) is 0 Å². The van der Waals surface area contributed by atoms with Crippen LogP contribution in [0.15, 0.2) is 88.9 Å². The van der Waals surface area contributed by atoms with Gasteiger partial charge in [0.05, 0.1) is 23.8 Å². The van der Waals surface area contributed by atoms with Crippen molar-refractivity contribution in [3.05, 3.63) is 95.8 Å². The van der Waals surface area contributed by atoms with E-state index < -0.39 is 27.9 Å². The van der Waals surface area contributed by atoms with Gasteiger partial charge < -0.3 is 4.74 Å². The van der Waals surface area contributed by atoms with Crippen LogP contribution in [0.25, 0.3) is 0 Å². The number of rotatable bonds is 6. The van der Waals surface area contributed by atoms with E-state index in [4.69, 9.17) is 4.74 Å². The van der Waals surface area contributed by atoms with Crippen molar-refractivity contribution >= 4 is 21.8 Å². The predicted molar refractivity (Wildman–Crippen MR) is 120 cm³/mol. The second-order valence-electron chi connectivity index (χ2n) is 7.24. The Morgan fingerprint density at radius 2 is 1.70 bits per heavy atom. The van der Waals surface area contributed by atoms with Crippen molar-refractivity contribution in [1.29, 1.82) is 0 Å². The third kappa shape index (κ3) is 5.02. The molecule has 0 saturated heterocycles. The summed E-state index contributed by atoms with van der Waals surface area (Å²) >= 11 is 0. The quantitative estimate of drug-likeness (QED) is 0.540. The van der Waals surface area contributed by atoms with E-state index in [1.165, 1.54) is 5.01 Å². The van der Waals surface area contributed by atoms with Crippen LogP contribution in [-0.2, 0) is 10.0 Å². The summed E-state index contributed by atoms with van der Waals surface area (Å²) in [6.45, 7) is 0. The van der Waals surface area contributed by atoms with E-state index >= 15 is 0 Å². The number of carbonyl (C=O) groups excluding carboxylic acids is 1. The summed E-state index contributed by atoms with van der Waals surface area (Å²) in [5.41, 5.74) is 4.55. The first-order valence-electron chi connectivity index (χ1n) is 10.0. The molecule has 0 spiro atoms. The molecular weight excluding hydrogens is 447 g/mol. The molecule has 0 aromatic heterocycles. The van der Waals surface area contributed by atoms with E-state index in [1.54, 1.807) is 19.2 Å². The number of carbonyl (C=O) groups is 1. The number of urea groups is 1. The van der Waals surface area contributed by atoms with Gasteiger partial charge >= 0.3 is 6.03 Å². The van der Waals surface area contributed by atoms with Gasteiger partial charge in [0.25, 0.3) is 10.0 Å². The lowest BCUT2D eigenvalue weighted by atomic mass is 9.98. The number of sulfonamides is 1. The average Bonchev–Trinajstić information content (AvgIpc) is 3.29. The molecule has 0 fully saturated rings. The highest BCUT2D eigenvalue weighted by Gasteiger charge is 2.33. The lowest BCUT2D eigenvalue weighted by Crippen LogP contribution is -2.47. The molecule has 3 aromatic carbocycles. The summed E-state index contributed by atoms with van der Waals surface area (Å²) in [6, 6.07) is 19.7. The molecule has 2 N–H and O–H groups in total. The SMILES string of the molecule is COc1ccc(C2CC(c3ccccc3)=NN2C(=O)NNS(=O)(=O)c2ccc(F)cc2)cc1. The number of amides is 2. The molecule has 0 radical (unpaired) electrons. The maximum absolute atomic E-state index is 13.1. The van der Waals surface area contributed by atoms with Crippen LogP contribution in [0.5, 0.6) is 5.75 Å². The highest BCUT2D eigenvalue weighted by atomic mass is 32.2. The second-order valence-corrected chi connectivity index (χ2v) is 8.92. The number of benzene rings is 3. The number of nitrogens with zero attached hydrogens (tertiary/aromatic N) is 2. The Labute approximate surface area is 190 Å². The molecule has 1 aliphatic heterocycles. The van der Waals surface area contributed by atoms with E-state index in [1.807, 2.05) is 47.3 Å². The van der Waals surface area contributed by atoms with E-state index in [-0.39, 0.29) is 4.90 Å². The van der Waals surface area contributed by atoms with Gasteiger partial charge in [0.15, 0.2) is 0 Å². The molecule has 1 atom stereocenters. The summed E-state index contributed by atoms with van der Waals surface area (Å²) in [4.78, 5) is 14.8. The van der Waals surface area contributed by atoms with Crippen molar-refractivity contribution in [2.75, 3.05) is 7.11 Å². The molecule has 2 amide bonds. The van der Waals surface area contributed by atoms with Crippen LogP contribution in [0.1, 0.15) is 23.6 Å². The molecule has 1 aliphatic rings. The third-order valence-corrected chi connectivity index (χ3v) is 6.41. The molecule has 33 heavy (non-hydrogen) atoms. The first-order valence-corrected chi connectivity index (χ1v) is 11.5. The van der Waals surface area contributed by atoms with Gasteiger partial charge in [-0.25, -0.2) is 22.6 Å². The molecule has 8 nitrogen and oxygen atoms in total. The van der Waals surface area contributed by atoms with Gasteiger partial charge in [-0.2, -0.15) is 5.10 Å². The summed E-state index contributed by atoms with van der Waals surface area (Å²) in [7, 11) is -2.54. The van der Waals surface area contributed by atoms with Crippen LogP contribution in [0.2, 0.25) is 0 Å². The van der Waals surface area contributed by atoms with Gasteiger partial charge in [-0.15, -0.1) is 4.83 Å². The van der Waals surface area contributed by atoms with E-state index in [2.05, 4.69) is 10.5 Å². The van der Waals surface area contributed by atoms with Crippen LogP contribution >= 0.6 is 0 Å². The highest BCUT2D eigenvalue weighted by Crippen LogP contribution is 2.33. The Morgan fingerprint density at radius 3 is 2.33 bits per heavy atom. The van der Waals surface area contributed by atoms with Crippen molar-refractivity contribution in [2.24, 2.45) is 5.10 Å². The molecule has 3 aromatic rings. The largest absolute Gasteiger partial charge is 0.497 e. The smallest absolute Gasteiger partial charge is 0.353 e. The fourth-order valence-electron chi connectivity index (χ4n) is 3.43. The fourth-order valence-corrected chi connectivity index (χ4v) is 4.26. The van der Waals surface area contributed by atoms with Gasteiger partial charge in [-0.1, -0.05) is 42.5 Å². The number of ether oxygens (including phenoxy) is 1. The molecule has 1 unspecified atom stereocenters. The van der Waals surface area contributed by atoms with Crippen LogP contribution in [-0.4, -0.2) is 32.3 Å². The monoisotopic (exact) mass is 468 g/mol. The number of hydrazone groups is 1. The number of nitrogens with one attached hydrogen (secondary N) is 2. The fraction of sp³-hybridized carbons (Fsp3) is 0.130. The van der Waals surface area contributed by atoms with E-state index in [0.717, 1.165) is 35.4 Å². The molecule has 0 saturated carbocycles. The summed E-state index contributed by atoms with van der Waals surface area (Å²) in [5, 5.41) is 5.67. The van der Waals surface area contributed by atoms with Crippen molar-refractivity contribution < 1.29 is 22.3 Å². The van der Waals surface area contributed by atoms with Gasteiger partial charge in [-0.05, 0) is 47.5 Å². The normalized spacial score (nSPS) is 15.8. The third-order valence-electron chi connectivity index (χ3n) is 5.14. The Balaban J connectivity index is 1.57. The zero-order chi connectivity index (χ0) is 23.4. The lowest BCUT2D eigenvalue weighted by molar-refractivity contribution is 0.184. The maximum atomic E-state index is 13.1. The molecular formula is C23H21FN4O4S. The van der Waals surface area contributed by atoms with Crippen molar-refractivity contribution in [3.8, 4) is 5.75 Å². The Morgan fingerprint density at radius 1 is 1.03 bits per heavy atom. The highest BCUT2D eigenvalue weighted by molar-refractivity contribution is 7.89. The van der Waals surface area contributed by atoms with Crippen LogP contribution in [0.4, 0.5) is 9.18 Å². The number of methoxy groups -OCH3 is 1. The maximum Gasteiger partial charge on any atom is 0.353 e.